The molecule has 0 radical (unpaired) electrons. The van der Waals surface area contributed by atoms with Crippen LogP contribution >= 0.6 is 0 Å². The Labute approximate surface area is 159 Å². The Morgan fingerprint density at radius 2 is 1.96 bits per heavy atom. The van der Waals surface area contributed by atoms with Gasteiger partial charge in [0.25, 0.3) is 5.91 Å². The zero-order valence-corrected chi connectivity index (χ0v) is 16.8. The molecule has 1 amide bonds. The molecule has 1 unspecified atom stereocenters. The molecule has 0 bridgehead atoms. The second-order valence-electron chi connectivity index (χ2n) is 7.06. The smallest absolute Gasteiger partial charge is 0.272 e. The first kappa shape index (κ1) is 19.3. The van der Waals surface area contributed by atoms with E-state index in [1.165, 1.54) is 4.90 Å². The van der Waals surface area contributed by atoms with E-state index >= 15 is 0 Å². The summed E-state index contributed by atoms with van der Waals surface area (Å²) in [4.78, 5) is 23.1. The molecule has 7 nitrogen and oxygen atoms in total. The van der Waals surface area contributed by atoms with E-state index in [-0.39, 0.29) is 29.1 Å². The van der Waals surface area contributed by atoms with Crippen LogP contribution in [0.1, 0.15) is 33.7 Å². The van der Waals surface area contributed by atoms with Gasteiger partial charge in [-0.15, -0.1) is 0 Å². The fourth-order valence-electron chi connectivity index (χ4n) is 3.17. The van der Waals surface area contributed by atoms with Gasteiger partial charge in [0, 0.05) is 24.5 Å². The Morgan fingerprint density at radius 1 is 1.22 bits per heavy atom. The summed E-state index contributed by atoms with van der Waals surface area (Å²) in [6, 6.07) is 7.22. The van der Waals surface area contributed by atoms with E-state index in [2.05, 4.69) is 15.3 Å². The number of aryl methyl sites for hydroxylation is 2. The molecule has 2 heterocycles. The topological polar surface area (TPSA) is 92.3 Å². The van der Waals surface area contributed by atoms with Crippen LogP contribution in [0.5, 0.6) is 0 Å². The molecule has 0 spiro atoms. The molecule has 1 aromatic carbocycles. The molecule has 144 valence electrons. The van der Waals surface area contributed by atoms with Crippen molar-refractivity contribution in [1.82, 2.24) is 14.9 Å². The fourth-order valence-corrected chi connectivity index (χ4v) is 4.94. The van der Waals surface area contributed by atoms with E-state index < -0.39 is 9.84 Å². The van der Waals surface area contributed by atoms with Crippen LogP contribution in [-0.4, -0.2) is 53.8 Å². The van der Waals surface area contributed by atoms with Crippen LogP contribution in [0.2, 0.25) is 0 Å². The van der Waals surface area contributed by atoms with Gasteiger partial charge in [0.1, 0.15) is 5.69 Å². The van der Waals surface area contributed by atoms with Crippen LogP contribution < -0.4 is 5.32 Å². The first-order chi connectivity index (χ1) is 12.7. The van der Waals surface area contributed by atoms with E-state index in [0.29, 0.717) is 18.1 Å². The monoisotopic (exact) mass is 388 g/mol. The van der Waals surface area contributed by atoms with Crippen LogP contribution in [0.3, 0.4) is 0 Å². The Hall–Kier alpha value is -2.48. The van der Waals surface area contributed by atoms with Gasteiger partial charge in [0.15, 0.2) is 9.84 Å². The standard InChI is InChI=1S/C19H24N4O3S/c1-12-6-5-7-16(14(12)3)21-19-20-13(2)10-17(22-19)18(24)23(4)15-8-9-27(25,26)11-15/h5-7,10,15H,8-9,11H2,1-4H3,(H,20,21,22). The van der Waals surface area contributed by atoms with Crippen molar-refractivity contribution in [2.24, 2.45) is 0 Å². The summed E-state index contributed by atoms with van der Waals surface area (Å²) >= 11 is 0. The summed E-state index contributed by atoms with van der Waals surface area (Å²) in [5.74, 6) is 0.177. The van der Waals surface area contributed by atoms with Crippen LogP contribution in [0.25, 0.3) is 0 Å². The number of nitrogens with one attached hydrogen (secondary N) is 1. The maximum atomic E-state index is 12.8. The van der Waals surface area contributed by atoms with Crippen LogP contribution in [0.4, 0.5) is 11.6 Å². The third kappa shape index (κ3) is 4.27. The molecule has 1 atom stereocenters. The molecule has 0 aliphatic carbocycles. The van der Waals surface area contributed by atoms with Gasteiger partial charge in [0.2, 0.25) is 5.95 Å². The number of nitrogens with zero attached hydrogens (tertiary/aromatic N) is 3. The van der Waals surface area contributed by atoms with Gasteiger partial charge < -0.3 is 10.2 Å². The Morgan fingerprint density at radius 3 is 2.63 bits per heavy atom. The number of benzene rings is 1. The summed E-state index contributed by atoms with van der Waals surface area (Å²) in [7, 11) is -1.43. The second-order valence-corrected chi connectivity index (χ2v) is 9.29. The summed E-state index contributed by atoms with van der Waals surface area (Å²) in [5.41, 5.74) is 4.03. The number of hydrogen-bond acceptors (Lipinski definition) is 6. The van der Waals surface area contributed by atoms with Crippen molar-refractivity contribution in [1.29, 1.82) is 0 Å². The summed E-state index contributed by atoms with van der Waals surface area (Å²) in [6.45, 7) is 5.83. The molecule has 1 saturated heterocycles. The minimum Gasteiger partial charge on any atom is -0.336 e. The third-order valence-corrected chi connectivity index (χ3v) is 6.75. The lowest BCUT2D eigenvalue weighted by Crippen LogP contribution is -2.38. The third-order valence-electron chi connectivity index (χ3n) is 5.00. The average Bonchev–Trinajstić information content (AvgIpc) is 2.97. The van der Waals surface area contributed by atoms with Gasteiger partial charge in [-0.1, -0.05) is 12.1 Å². The zero-order chi connectivity index (χ0) is 19.8. The SMILES string of the molecule is Cc1cc(C(=O)N(C)C2CCS(=O)(=O)C2)nc(Nc2cccc(C)c2C)n1. The molecule has 0 saturated carbocycles. The molecular weight excluding hydrogens is 364 g/mol. The van der Waals surface area contributed by atoms with E-state index in [4.69, 9.17) is 0 Å². The highest BCUT2D eigenvalue weighted by Crippen LogP contribution is 2.22. The van der Waals surface area contributed by atoms with Gasteiger partial charge in [-0.3, -0.25) is 4.79 Å². The molecule has 1 aliphatic heterocycles. The van der Waals surface area contributed by atoms with Crippen LogP contribution in [0.15, 0.2) is 24.3 Å². The number of carbonyl (C=O) groups excluding carboxylic acids is 1. The van der Waals surface area contributed by atoms with Gasteiger partial charge in [0.05, 0.1) is 11.5 Å². The molecule has 3 rings (SSSR count). The minimum atomic E-state index is -3.06. The maximum absolute atomic E-state index is 12.8. The number of rotatable bonds is 4. The van der Waals surface area contributed by atoms with Crippen molar-refractivity contribution >= 4 is 27.4 Å². The van der Waals surface area contributed by atoms with E-state index in [1.54, 1.807) is 20.0 Å². The molecule has 1 aliphatic rings. The molecule has 1 N–H and O–H groups in total. The zero-order valence-electron chi connectivity index (χ0n) is 16.0. The first-order valence-electron chi connectivity index (χ1n) is 8.83. The van der Waals surface area contributed by atoms with E-state index in [1.807, 2.05) is 32.0 Å². The quantitative estimate of drug-likeness (QED) is 0.865. The summed E-state index contributed by atoms with van der Waals surface area (Å²) in [6.07, 6.45) is 0.461. The number of hydrogen-bond donors (Lipinski definition) is 1. The predicted octanol–water partition coefficient (Wildman–Crippen LogP) is 2.40. The Kier molecular flexibility index (Phi) is 5.19. The normalized spacial score (nSPS) is 18.3. The molecule has 2 aromatic rings. The number of anilines is 2. The van der Waals surface area contributed by atoms with Crippen molar-refractivity contribution in [3.8, 4) is 0 Å². The predicted molar refractivity (Wildman–Crippen MR) is 105 cm³/mol. The number of aromatic nitrogens is 2. The Bertz CT molecular complexity index is 988. The van der Waals surface area contributed by atoms with Gasteiger partial charge in [-0.25, -0.2) is 18.4 Å². The molecule has 27 heavy (non-hydrogen) atoms. The lowest BCUT2D eigenvalue weighted by atomic mass is 10.1. The van der Waals surface area contributed by atoms with E-state index in [0.717, 1.165) is 16.8 Å². The lowest BCUT2D eigenvalue weighted by molar-refractivity contribution is 0.0741. The van der Waals surface area contributed by atoms with Crippen molar-refractivity contribution in [3.63, 3.8) is 0 Å². The second kappa shape index (κ2) is 7.26. The highest BCUT2D eigenvalue weighted by molar-refractivity contribution is 7.91. The summed E-state index contributed by atoms with van der Waals surface area (Å²) in [5, 5.41) is 3.18. The minimum absolute atomic E-state index is 0.00685. The maximum Gasteiger partial charge on any atom is 0.272 e. The van der Waals surface area contributed by atoms with Gasteiger partial charge in [-0.2, -0.15) is 0 Å². The molecule has 1 aromatic heterocycles. The van der Waals surface area contributed by atoms with Crippen molar-refractivity contribution in [3.05, 3.63) is 46.8 Å². The first-order valence-corrected chi connectivity index (χ1v) is 10.6. The highest BCUT2D eigenvalue weighted by Gasteiger charge is 2.33. The number of carbonyl (C=O) groups is 1. The largest absolute Gasteiger partial charge is 0.336 e. The average molecular weight is 388 g/mol. The van der Waals surface area contributed by atoms with Crippen molar-refractivity contribution in [2.75, 3.05) is 23.9 Å². The fraction of sp³-hybridized carbons (Fsp3) is 0.421. The van der Waals surface area contributed by atoms with Gasteiger partial charge >= 0.3 is 0 Å². The highest BCUT2D eigenvalue weighted by atomic mass is 32.2. The number of sulfone groups is 1. The molecule has 8 heteroatoms. The van der Waals surface area contributed by atoms with E-state index in [9.17, 15) is 13.2 Å². The van der Waals surface area contributed by atoms with Crippen LogP contribution in [0, 0.1) is 20.8 Å². The van der Waals surface area contributed by atoms with Crippen molar-refractivity contribution < 1.29 is 13.2 Å². The number of amides is 1. The summed E-state index contributed by atoms with van der Waals surface area (Å²) < 4.78 is 23.4. The molecule has 1 fully saturated rings. The van der Waals surface area contributed by atoms with Crippen LogP contribution in [-0.2, 0) is 9.84 Å². The van der Waals surface area contributed by atoms with Gasteiger partial charge in [-0.05, 0) is 50.5 Å². The van der Waals surface area contributed by atoms with Crippen molar-refractivity contribution in [2.45, 2.75) is 33.2 Å². The molecular formula is C19H24N4O3S. The lowest BCUT2D eigenvalue weighted by Gasteiger charge is -2.23. The Balaban J connectivity index is 1.84.